The Morgan fingerprint density at radius 3 is 2.37 bits per heavy atom. The summed E-state index contributed by atoms with van der Waals surface area (Å²) in [5.74, 6) is -0.822. The fourth-order valence-electron chi connectivity index (χ4n) is 3.50. The number of amides is 1. The summed E-state index contributed by atoms with van der Waals surface area (Å²) >= 11 is 0. The molecule has 0 heterocycles. The van der Waals surface area contributed by atoms with Crippen molar-refractivity contribution in [1.29, 1.82) is 0 Å². The number of carbonyl (C=O) groups is 2. The molecule has 0 aliphatic rings. The first-order chi connectivity index (χ1) is 16.8. The number of hydrogen-bond donors (Lipinski definition) is 3. The normalized spacial score (nSPS) is 11.9. The maximum atomic E-state index is 12.7. The minimum absolute atomic E-state index is 0.0398. The second kappa shape index (κ2) is 12.0. The molecule has 0 spiro atoms. The van der Waals surface area contributed by atoms with E-state index in [1.807, 2.05) is 30.3 Å². The topological polar surface area (TPSA) is 128 Å². The second-order valence-corrected chi connectivity index (χ2v) is 9.62. The summed E-state index contributed by atoms with van der Waals surface area (Å²) < 4.78 is 33.1. The minimum Gasteiger partial charge on any atom is -0.464 e. The third-order valence-electron chi connectivity index (χ3n) is 5.18. The van der Waals surface area contributed by atoms with Gasteiger partial charge in [-0.05, 0) is 54.8 Å². The van der Waals surface area contributed by atoms with Crippen LogP contribution < -0.4 is 15.8 Å². The molecular weight excluding hydrogens is 466 g/mol. The molecule has 0 aliphatic carbocycles. The van der Waals surface area contributed by atoms with Crippen molar-refractivity contribution in [2.45, 2.75) is 37.1 Å². The van der Waals surface area contributed by atoms with Crippen LogP contribution in [-0.4, -0.2) is 32.9 Å². The van der Waals surface area contributed by atoms with Crippen LogP contribution in [0.4, 0.5) is 11.4 Å². The Morgan fingerprint density at radius 1 is 0.943 bits per heavy atom. The zero-order chi connectivity index (χ0) is 25.3. The van der Waals surface area contributed by atoms with Crippen molar-refractivity contribution in [3.8, 4) is 0 Å². The van der Waals surface area contributed by atoms with E-state index < -0.39 is 22.0 Å². The van der Waals surface area contributed by atoms with E-state index >= 15 is 0 Å². The molecule has 8 nitrogen and oxygen atoms in total. The molecular formula is C26H29N3O5S. The maximum Gasteiger partial charge on any atom is 0.328 e. The molecule has 3 rings (SSSR count). The highest BCUT2D eigenvalue weighted by atomic mass is 32.2. The monoisotopic (exact) mass is 495 g/mol. The van der Waals surface area contributed by atoms with E-state index in [2.05, 4.69) is 10.0 Å². The van der Waals surface area contributed by atoms with Crippen LogP contribution in [0.1, 0.15) is 24.5 Å². The number of aryl methyl sites for hydroxylation is 1. The van der Waals surface area contributed by atoms with Gasteiger partial charge in [-0.2, -0.15) is 0 Å². The molecule has 0 bridgehead atoms. The summed E-state index contributed by atoms with van der Waals surface area (Å²) in [7, 11) is -3.85. The van der Waals surface area contributed by atoms with E-state index in [4.69, 9.17) is 10.5 Å². The van der Waals surface area contributed by atoms with Crippen LogP contribution in [0, 0.1) is 0 Å². The third-order valence-corrected chi connectivity index (χ3v) is 6.56. The fraction of sp³-hybridized carbons (Fsp3) is 0.231. The molecule has 9 heteroatoms. The van der Waals surface area contributed by atoms with Crippen molar-refractivity contribution in [3.63, 3.8) is 0 Å². The first-order valence-electron chi connectivity index (χ1n) is 11.2. The molecule has 3 aromatic rings. The van der Waals surface area contributed by atoms with E-state index in [9.17, 15) is 18.0 Å². The van der Waals surface area contributed by atoms with E-state index in [0.29, 0.717) is 23.4 Å². The SMILES string of the molecule is CCOC(=O)C(Cc1cccc(NS(=O)(=O)c2cccc(N)c2)c1)NC(=O)CCc1ccccc1. The first-order valence-corrected chi connectivity index (χ1v) is 12.7. The number of benzene rings is 3. The highest BCUT2D eigenvalue weighted by Gasteiger charge is 2.23. The summed E-state index contributed by atoms with van der Waals surface area (Å²) in [6.07, 6.45) is 0.910. The molecule has 1 amide bonds. The van der Waals surface area contributed by atoms with Gasteiger partial charge in [0.2, 0.25) is 5.91 Å². The Bertz CT molecular complexity index is 1260. The van der Waals surface area contributed by atoms with Crippen molar-refractivity contribution in [1.82, 2.24) is 5.32 Å². The highest BCUT2D eigenvalue weighted by molar-refractivity contribution is 7.92. The van der Waals surface area contributed by atoms with Crippen LogP contribution in [-0.2, 0) is 37.2 Å². The van der Waals surface area contributed by atoms with Gasteiger partial charge in [-0.25, -0.2) is 13.2 Å². The average Bonchev–Trinajstić information content (AvgIpc) is 2.83. The largest absolute Gasteiger partial charge is 0.464 e. The van der Waals surface area contributed by atoms with E-state index in [0.717, 1.165) is 5.56 Å². The van der Waals surface area contributed by atoms with Crippen molar-refractivity contribution in [2.75, 3.05) is 17.1 Å². The molecule has 0 aliphatic heterocycles. The second-order valence-electron chi connectivity index (χ2n) is 7.94. The molecule has 0 saturated carbocycles. The number of esters is 1. The van der Waals surface area contributed by atoms with Gasteiger partial charge in [-0.15, -0.1) is 0 Å². The number of nitrogen functional groups attached to an aromatic ring is 1. The predicted molar refractivity (Wildman–Crippen MR) is 135 cm³/mol. The number of rotatable bonds is 11. The lowest BCUT2D eigenvalue weighted by Crippen LogP contribution is -2.43. The number of anilines is 2. The number of nitrogens with one attached hydrogen (secondary N) is 2. The van der Waals surface area contributed by atoms with E-state index in [1.165, 1.54) is 12.1 Å². The van der Waals surface area contributed by atoms with Gasteiger partial charge >= 0.3 is 5.97 Å². The molecule has 3 aromatic carbocycles. The van der Waals surface area contributed by atoms with Gasteiger partial charge in [0.05, 0.1) is 11.5 Å². The van der Waals surface area contributed by atoms with Gasteiger partial charge < -0.3 is 15.8 Å². The van der Waals surface area contributed by atoms with Gasteiger partial charge in [0.15, 0.2) is 0 Å². The molecule has 0 saturated heterocycles. The number of nitrogens with two attached hydrogens (primary N) is 1. The van der Waals surface area contributed by atoms with Gasteiger partial charge in [0.25, 0.3) is 10.0 Å². The molecule has 0 aromatic heterocycles. The molecule has 184 valence electrons. The lowest BCUT2D eigenvalue weighted by atomic mass is 10.0. The summed E-state index contributed by atoms with van der Waals surface area (Å²) in [5, 5.41) is 2.75. The Hall–Kier alpha value is -3.85. The Kier molecular flexibility index (Phi) is 8.86. The zero-order valence-electron chi connectivity index (χ0n) is 19.4. The van der Waals surface area contributed by atoms with Crippen molar-refractivity contribution in [3.05, 3.63) is 90.0 Å². The lowest BCUT2D eigenvalue weighted by molar-refractivity contribution is -0.147. The van der Waals surface area contributed by atoms with Crippen LogP contribution in [0.5, 0.6) is 0 Å². The van der Waals surface area contributed by atoms with Gasteiger partial charge in [-0.3, -0.25) is 9.52 Å². The lowest BCUT2D eigenvalue weighted by Gasteiger charge is -2.18. The van der Waals surface area contributed by atoms with Gasteiger partial charge in [0, 0.05) is 24.2 Å². The standard InChI is InChI=1S/C26H29N3O5S/c1-2-34-26(31)24(28-25(30)15-14-19-8-4-3-5-9-19)17-20-10-6-12-22(16-20)29-35(32,33)23-13-7-11-21(27)18-23/h3-13,16,18,24,29H,2,14-15,17,27H2,1H3,(H,28,30). The van der Waals surface area contributed by atoms with Crippen LogP contribution >= 0.6 is 0 Å². The third kappa shape index (κ3) is 7.86. The molecule has 4 N–H and O–H groups in total. The molecule has 0 radical (unpaired) electrons. The Balaban J connectivity index is 1.70. The number of ether oxygens (including phenoxy) is 1. The van der Waals surface area contributed by atoms with Crippen LogP contribution in [0.25, 0.3) is 0 Å². The predicted octanol–water partition coefficient (Wildman–Crippen LogP) is 3.29. The number of hydrogen-bond acceptors (Lipinski definition) is 6. The summed E-state index contributed by atoms with van der Waals surface area (Å²) in [6, 6.07) is 21.3. The van der Waals surface area contributed by atoms with Crippen molar-refractivity contribution < 1.29 is 22.7 Å². The number of sulfonamides is 1. The smallest absolute Gasteiger partial charge is 0.328 e. The maximum absolute atomic E-state index is 12.7. The average molecular weight is 496 g/mol. The fourth-order valence-corrected chi connectivity index (χ4v) is 4.60. The van der Waals surface area contributed by atoms with Crippen LogP contribution in [0.15, 0.2) is 83.8 Å². The highest BCUT2D eigenvalue weighted by Crippen LogP contribution is 2.20. The molecule has 35 heavy (non-hydrogen) atoms. The molecule has 1 unspecified atom stereocenters. The minimum atomic E-state index is -3.85. The first kappa shape index (κ1) is 25.8. The molecule has 1 atom stereocenters. The Labute approximate surface area is 205 Å². The summed E-state index contributed by atoms with van der Waals surface area (Å²) in [4.78, 5) is 25.1. The van der Waals surface area contributed by atoms with Crippen LogP contribution in [0.3, 0.4) is 0 Å². The number of carbonyl (C=O) groups excluding carboxylic acids is 2. The van der Waals surface area contributed by atoms with Gasteiger partial charge in [-0.1, -0.05) is 48.5 Å². The summed E-state index contributed by atoms with van der Waals surface area (Å²) in [5.41, 5.74) is 8.04. The summed E-state index contributed by atoms with van der Waals surface area (Å²) in [6.45, 7) is 1.87. The van der Waals surface area contributed by atoms with E-state index in [1.54, 1.807) is 43.3 Å². The van der Waals surface area contributed by atoms with Crippen molar-refractivity contribution >= 4 is 33.3 Å². The zero-order valence-corrected chi connectivity index (χ0v) is 20.3. The Morgan fingerprint density at radius 2 is 1.66 bits per heavy atom. The van der Waals surface area contributed by atoms with Crippen LogP contribution in [0.2, 0.25) is 0 Å². The van der Waals surface area contributed by atoms with Crippen molar-refractivity contribution in [2.24, 2.45) is 0 Å². The van der Waals surface area contributed by atoms with E-state index in [-0.39, 0.29) is 30.3 Å². The quantitative estimate of drug-likeness (QED) is 0.277. The van der Waals surface area contributed by atoms with Gasteiger partial charge in [0.1, 0.15) is 6.04 Å². The molecule has 0 fully saturated rings.